The van der Waals surface area contributed by atoms with Crippen LogP contribution in [0, 0.1) is 0 Å². The fourth-order valence-electron chi connectivity index (χ4n) is 3.24. The Bertz CT molecular complexity index is 1200. The standard InChI is InChI=1S/C21H14Cl2O4/c1-26-20-9-19-14(7-16(20)23)21(12-5-3-2-4-11(12)10-24)13-6-15(22)17(25)8-18(13)27-19/h2-9,24H,10H2,1H3. The summed E-state index contributed by atoms with van der Waals surface area (Å²) in [6.07, 6.45) is 0. The smallest absolute Gasteiger partial charge is 0.200 e. The zero-order chi connectivity index (χ0) is 19.1. The van der Waals surface area contributed by atoms with Crippen molar-refractivity contribution in [3.05, 3.63) is 74.4 Å². The van der Waals surface area contributed by atoms with Gasteiger partial charge in [0.25, 0.3) is 0 Å². The Kier molecular flexibility index (Phi) is 4.56. The Morgan fingerprint density at radius 3 is 2.56 bits per heavy atom. The molecule has 2 aromatic rings. The molecule has 0 aromatic heterocycles. The van der Waals surface area contributed by atoms with Crippen LogP contribution in [0.2, 0.25) is 10.0 Å². The number of ether oxygens (including phenoxy) is 1. The van der Waals surface area contributed by atoms with Crippen LogP contribution in [0.15, 0.2) is 57.7 Å². The summed E-state index contributed by atoms with van der Waals surface area (Å²) in [7, 11) is 1.52. The van der Waals surface area contributed by atoms with Crippen LogP contribution in [0.5, 0.6) is 5.75 Å². The molecule has 1 aliphatic carbocycles. The lowest BCUT2D eigenvalue weighted by molar-refractivity contribution is 0.282. The van der Waals surface area contributed by atoms with Gasteiger partial charge in [-0.15, -0.1) is 0 Å². The van der Waals surface area contributed by atoms with E-state index >= 15 is 0 Å². The monoisotopic (exact) mass is 400 g/mol. The maximum Gasteiger partial charge on any atom is 0.200 e. The normalized spacial score (nSPS) is 11.3. The highest BCUT2D eigenvalue weighted by atomic mass is 35.5. The lowest BCUT2D eigenvalue weighted by Crippen LogP contribution is -2.03. The highest BCUT2D eigenvalue weighted by Gasteiger charge is 2.21. The summed E-state index contributed by atoms with van der Waals surface area (Å²) in [5.41, 5.74) is 3.17. The number of fused-ring (bicyclic) bond motifs is 2. The zero-order valence-corrected chi connectivity index (χ0v) is 15.8. The van der Waals surface area contributed by atoms with Crippen molar-refractivity contribution in [2.45, 2.75) is 6.61 Å². The van der Waals surface area contributed by atoms with Crippen LogP contribution in [-0.4, -0.2) is 12.2 Å². The van der Waals surface area contributed by atoms with Gasteiger partial charge in [0.05, 0.1) is 23.8 Å². The van der Waals surface area contributed by atoms with E-state index in [2.05, 4.69) is 0 Å². The van der Waals surface area contributed by atoms with Gasteiger partial charge in [-0.1, -0.05) is 47.5 Å². The van der Waals surface area contributed by atoms with Crippen LogP contribution >= 0.6 is 23.2 Å². The predicted molar refractivity (Wildman–Crippen MR) is 107 cm³/mol. The van der Waals surface area contributed by atoms with E-state index < -0.39 is 0 Å². The van der Waals surface area contributed by atoms with Gasteiger partial charge in [-0.25, -0.2) is 0 Å². The van der Waals surface area contributed by atoms with Gasteiger partial charge in [-0.2, -0.15) is 0 Å². The Labute approximate surface area is 164 Å². The van der Waals surface area contributed by atoms with Gasteiger partial charge in [0.1, 0.15) is 17.1 Å². The third-order valence-electron chi connectivity index (χ3n) is 4.50. The number of aliphatic hydroxyl groups is 1. The van der Waals surface area contributed by atoms with Crippen molar-refractivity contribution in [2.24, 2.45) is 0 Å². The lowest BCUT2D eigenvalue weighted by Gasteiger charge is -2.18. The molecule has 4 rings (SSSR count). The number of aliphatic hydroxyl groups excluding tert-OH is 1. The maximum atomic E-state index is 12.0. The lowest BCUT2D eigenvalue weighted by atomic mass is 9.91. The molecular weight excluding hydrogens is 387 g/mol. The van der Waals surface area contributed by atoms with Gasteiger partial charge in [0.15, 0.2) is 0 Å². The van der Waals surface area contributed by atoms with Gasteiger partial charge < -0.3 is 14.3 Å². The first-order valence-electron chi connectivity index (χ1n) is 8.16. The first-order chi connectivity index (χ1) is 13.0. The van der Waals surface area contributed by atoms with E-state index in [9.17, 15) is 9.90 Å². The van der Waals surface area contributed by atoms with Gasteiger partial charge in [-0.05, 0) is 23.3 Å². The second-order valence-corrected chi connectivity index (χ2v) is 6.87. The molecule has 6 heteroatoms. The third-order valence-corrected chi connectivity index (χ3v) is 5.09. The molecule has 2 aliphatic rings. The first-order valence-corrected chi connectivity index (χ1v) is 8.92. The topological polar surface area (TPSA) is 59.7 Å². The minimum Gasteiger partial charge on any atom is -0.495 e. The van der Waals surface area contributed by atoms with Crippen molar-refractivity contribution in [2.75, 3.05) is 7.11 Å². The SMILES string of the molecule is COc1cc2oc3cc(=O)c(Cl)cc-3c(-c3ccccc3CO)c2cc1Cl. The molecule has 27 heavy (non-hydrogen) atoms. The Hall–Kier alpha value is -2.53. The average Bonchev–Trinajstić information content (AvgIpc) is 2.67. The summed E-state index contributed by atoms with van der Waals surface area (Å²) in [6.45, 7) is -0.136. The van der Waals surface area contributed by atoms with Crippen molar-refractivity contribution in [1.82, 2.24) is 0 Å². The second kappa shape index (κ2) is 6.89. The van der Waals surface area contributed by atoms with Crippen LogP contribution in [0.3, 0.4) is 0 Å². The van der Waals surface area contributed by atoms with Crippen molar-refractivity contribution >= 4 is 34.2 Å². The molecule has 1 N–H and O–H groups in total. The molecule has 0 atom stereocenters. The fraction of sp³-hybridized carbons (Fsp3) is 0.0952. The van der Waals surface area contributed by atoms with Crippen LogP contribution in [0.1, 0.15) is 5.56 Å². The van der Waals surface area contributed by atoms with E-state index in [1.165, 1.54) is 13.2 Å². The molecule has 0 bridgehead atoms. The van der Waals surface area contributed by atoms with Crippen molar-refractivity contribution in [3.8, 4) is 28.2 Å². The first kappa shape index (κ1) is 17.9. The van der Waals surface area contributed by atoms with Crippen LogP contribution in [-0.2, 0) is 6.61 Å². The predicted octanol–water partition coefficient (Wildman–Crippen LogP) is 5.37. The molecule has 0 saturated carbocycles. The van der Waals surface area contributed by atoms with Crippen LogP contribution in [0.25, 0.3) is 33.4 Å². The number of rotatable bonds is 3. The summed E-state index contributed by atoms with van der Waals surface area (Å²) in [6, 6.07) is 13.9. The largest absolute Gasteiger partial charge is 0.495 e. The molecule has 0 fully saturated rings. The molecule has 1 aliphatic heterocycles. The van der Waals surface area contributed by atoms with Crippen LogP contribution < -0.4 is 10.2 Å². The fourth-order valence-corrected chi connectivity index (χ4v) is 3.65. The molecular formula is C21H14Cl2O4. The highest BCUT2D eigenvalue weighted by molar-refractivity contribution is 6.33. The number of hydrogen-bond donors (Lipinski definition) is 1. The van der Waals surface area contributed by atoms with Gasteiger partial charge in [0.2, 0.25) is 5.43 Å². The second-order valence-electron chi connectivity index (χ2n) is 6.05. The minimum absolute atomic E-state index is 0.0967. The van der Waals surface area contributed by atoms with Gasteiger partial charge >= 0.3 is 0 Å². The molecule has 136 valence electrons. The van der Waals surface area contributed by atoms with E-state index in [1.54, 1.807) is 18.2 Å². The summed E-state index contributed by atoms with van der Waals surface area (Å²) in [5.74, 6) is 0.856. The summed E-state index contributed by atoms with van der Waals surface area (Å²) >= 11 is 12.5. The average molecular weight is 401 g/mol. The molecule has 2 aromatic carbocycles. The minimum atomic E-state index is -0.324. The van der Waals surface area contributed by atoms with E-state index in [1.807, 2.05) is 24.3 Å². The van der Waals surface area contributed by atoms with Crippen molar-refractivity contribution in [3.63, 3.8) is 0 Å². The summed E-state index contributed by atoms with van der Waals surface area (Å²) < 4.78 is 11.2. The number of hydrogen-bond acceptors (Lipinski definition) is 4. The van der Waals surface area contributed by atoms with E-state index in [4.69, 9.17) is 32.4 Å². The molecule has 0 spiro atoms. The van der Waals surface area contributed by atoms with E-state index in [0.717, 1.165) is 22.1 Å². The van der Waals surface area contributed by atoms with E-state index in [-0.39, 0.29) is 17.1 Å². The van der Waals surface area contributed by atoms with Gasteiger partial charge in [-0.3, -0.25) is 4.79 Å². The Balaban J connectivity index is 2.23. The Morgan fingerprint density at radius 2 is 1.81 bits per heavy atom. The number of methoxy groups -OCH3 is 1. The third kappa shape index (κ3) is 2.96. The highest BCUT2D eigenvalue weighted by Crippen LogP contribution is 2.44. The molecule has 0 saturated heterocycles. The summed E-state index contributed by atoms with van der Waals surface area (Å²) in [5, 5.41) is 11.1. The number of benzene rings is 3. The Morgan fingerprint density at radius 1 is 1.04 bits per heavy atom. The van der Waals surface area contributed by atoms with Gasteiger partial charge in [0, 0.05) is 28.6 Å². The molecule has 0 radical (unpaired) electrons. The van der Waals surface area contributed by atoms with Crippen molar-refractivity contribution < 1.29 is 14.3 Å². The molecule has 4 nitrogen and oxygen atoms in total. The quantitative estimate of drug-likeness (QED) is 0.469. The van der Waals surface area contributed by atoms with Crippen LogP contribution in [0.4, 0.5) is 0 Å². The maximum absolute atomic E-state index is 12.0. The summed E-state index contributed by atoms with van der Waals surface area (Å²) in [4.78, 5) is 12.0. The number of halogens is 2. The van der Waals surface area contributed by atoms with Crippen molar-refractivity contribution in [1.29, 1.82) is 0 Å². The molecule has 1 heterocycles. The zero-order valence-electron chi connectivity index (χ0n) is 14.3. The van der Waals surface area contributed by atoms with E-state index in [0.29, 0.717) is 27.7 Å². The molecule has 0 amide bonds. The molecule has 0 unspecified atom stereocenters.